The number of carbonyl (C=O) groups is 2. The Hall–Kier alpha value is -1.84. The van der Waals surface area contributed by atoms with Crippen LogP contribution in [0.2, 0.25) is 0 Å². The van der Waals surface area contributed by atoms with Crippen molar-refractivity contribution in [1.82, 2.24) is 0 Å². The van der Waals surface area contributed by atoms with Gasteiger partial charge in [-0.2, -0.15) is 0 Å². The minimum Gasteiger partial charge on any atom is -0.478 e. The van der Waals surface area contributed by atoms with Gasteiger partial charge in [-0.25, -0.2) is 9.59 Å². The zero-order valence-corrected chi connectivity index (χ0v) is 20.0. The second-order valence-electron chi connectivity index (χ2n) is 8.46. The van der Waals surface area contributed by atoms with Crippen molar-refractivity contribution in [3.63, 3.8) is 0 Å². The molecule has 0 amide bonds. The van der Waals surface area contributed by atoms with E-state index in [-0.39, 0.29) is 11.1 Å². The van der Waals surface area contributed by atoms with Crippen molar-refractivity contribution in [3.05, 3.63) is 35.4 Å². The topological polar surface area (TPSA) is 74.6 Å². The van der Waals surface area contributed by atoms with Gasteiger partial charge in [0.15, 0.2) is 0 Å². The van der Waals surface area contributed by atoms with Gasteiger partial charge >= 0.3 is 11.9 Å². The van der Waals surface area contributed by atoms with E-state index >= 15 is 0 Å². The Morgan fingerprint density at radius 1 is 0.516 bits per heavy atom. The van der Waals surface area contributed by atoms with Gasteiger partial charge in [0.05, 0.1) is 11.1 Å². The molecule has 0 spiro atoms. The van der Waals surface area contributed by atoms with Crippen molar-refractivity contribution in [2.24, 2.45) is 0 Å². The predicted octanol–water partition coefficient (Wildman–Crippen LogP) is 8.74. The lowest BCUT2D eigenvalue weighted by molar-refractivity contribution is 0.0651. The minimum absolute atomic E-state index is 0.190. The lowest BCUT2D eigenvalue weighted by Gasteiger charge is -2.03. The van der Waals surface area contributed by atoms with Crippen LogP contribution in [0.25, 0.3) is 0 Å². The maximum atomic E-state index is 10.5. The number of carboxylic acid groups (broad SMARTS) is 2. The molecule has 31 heavy (non-hydrogen) atoms. The van der Waals surface area contributed by atoms with Gasteiger partial charge in [0, 0.05) is 0 Å². The first-order valence-electron chi connectivity index (χ1n) is 12.6. The fraction of sp³-hybridized carbons (Fsp3) is 0.704. The van der Waals surface area contributed by atoms with Gasteiger partial charge in [0.1, 0.15) is 0 Å². The molecule has 2 N–H and O–H groups in total. The molecule has 0 heterocycles. The highest BCUT2D eigenvalue weighted by molar-refractivity contribution is 6.01. The first kappa shape index (κ1) is 29.2. The summed E-state index contributed by atoms with van der Waals surface area (Å²) in [6, 6.07) is 5.48. The summed E-state index contributed by atoms with van der Waals surface area (Å²) >= 11 is 0. The van der Waals surface area contributed by atoms with Gasteiger partial charge < -0.3 is 10.2 Å². The zero-order chi connectivity index (χ0) is 23.2. The summed E-state index contributed by atoms with van der Waals surface area (Å²) in [6.07, 6.45) is 24.9. The molecule has 0 bridgehead atoms. The Labute approximate surface area is 190 Å². The fourth-order valence-corrected chi connectivity index (χ4v) is 3.65. The van der Waals surface area contributed by atoms with Crippen LogP contribution in [0.3, 0.4) is 0 Å². The largest absolute Gasteiger partial charge is 0.478 e. The Balaban J connectivity index is 0.000000639. The van der Waals surface area contributed by atoms with Gasteiger partial charge in [-0.3, -0.25) is 0 Å². The number of benzene rings is 1. The maximum absolute atomic E-state index is 10.5. The van der Waals surface area contributed by atoms with Gasteiger partial charge in [0.25, 0.3) is 0 Å². The second kappa shape index (κ2) is 21.4. The quantitative estimate of drug-likeness (QED) is 0.226. The highest BCUT2D eigenvalue weighted by Gasteiger charge is 2.13. The van der Waals surface area contributed by atoms with E-state index < -0.39 is 11.9 Å². The summed E-state index contributed by atoms with van der Waals surface area (Å²) in [5, 5.41) is 17.1. The van der Waals surface area contributed by atoms with E-state index in [2.05, 4.69) is 13.8 Å². The highest BCUT2D eigenvalue weighted by Crippen LogP contribution is 2.14. The Kier molecular flexibility index (Phi) is 20.1. The van der Waals surface area contributed by atoms with Crippen LogP contribution in [0, 0.1) is 0 Å². The summed E-state index contributed by atoms with van der Waals surface area (Å²) in [5.74, 6) is -2.46. The fourth-order valence-electron chi connectivity index (χ4n) is 3.65. The normalized spacial score (nSPS) is 10.4. The monoisotopic (exact) mass is 434 g/mol. The van der Waals surface area contributed by atoms with Crippen LogP contribution in [0.4, 0.5) is 0 Å². The molecular weight excluding hydrogens is 388 g/mol. The molecule has 0 aliphatic heterocycles. The molecule has 4 heteroatoms. The van der Waals surface area contributed by atoms with E-state index in [0.717, 1.165) is 0 Å². The molecule has 0 saturated heterocycles. The number of rotatable bonds is 18. The first-order valence-corrected chi connectivity index (χ1v) is 12.6. The van der Waals surface area contributed by atoms with Gasteiger partial charge in [0.2, 0.25) is 0 Å². The highest BCUT2D eigenvalue weighted by atomic mass is 16.4. The second-order valence-corrected chi connectivity index (χ2v) is 8.46. The molecule has 1 rings (SSSR count). The Morgan fingerprint density at radius 3 is 0.935 bits per heavy atom. The van der Waals surface area contributed by atoms with Crippen LogP contribution in [0.5, 0.6) is 0 Å². The lowest BCUT2D eigenvalue weighted by Crippen LogP contribution is -2.06. The standard InChI is InChI=1S/C19H40.C8H6O4/c1-3-5-7-9-11-13-15-17-19-18-16-14-12-10-8-6-4-2;9-7(10)5-3-1-2-4-6(5)8(11)12/h3-19H2,1-2H3;1-4H,(H,9,10)(H,11,12). The van der Waals surface area contributed by atoms with Crippen molar-refractivity contribution < 1.29 is 19.8 Å². The molecule has 0 radical (unpaired) electrons. The van der Waals surface area contributed by atoms with E-state index in [1.807, 2.05) is 0 Å². The molecule has 178 valence electrons. The van der Waals surface area contributed by atoms with E-state index in [4.69, 9.17) is 10.2 Å². The van der Waals surface area contributed by atoms with Crippen LogP contribution in [-0.2, 0) is 0 Å². The van der Waals surface area contributed by atoms with Gasteiger partial charge in [-0.15, -0.1) is 0 Å². The third-order valence-electron chi connectivity index (χ3n) is 5.59. The summed E-state index contributed by atoms with van der Waals surface area (Å²) in [4.78, 5) is 20.9. The van der Waals surface area contributed by atoms with Crippen molar-refractivity contribution >= 4 is 11.9 Å². The lowest BCUT2D eigenvalue weighted by atomic mass is 10.0. The summed E-state index contributed by atoms with van der Waals surface area (Å²) in [7, 11) is 0. The van der Waals surface area contributed by atoms with Crippen LogP contribution >= 0.6 is 0 Å². The van der Waals surface area contributed by atoms with Crippen LogP contribution in [0.1, 0.15) is 144 Å². The molecule has 1 aromatic rings. The van der Waals surface area contributed by atoms with Crippen molar-refractivity contribution in [3.8, 4) is 0 Å². The van der Waals surface area contributed by atoms with E-state index in [1.54, 1.807) is 0 Å². The molecular formula is C27H46O4. The van der Waals surface area contributed by atoms with Crippen molar-refractivity contribution in [2.45, 2.75) is 123 Å². The average Bonchev–Trinajstić information content (AvgIpc) is 2.77. The SMILES string of the molecule is CCCCCCCCCCCCCCCCCCC.O=C(O)c1ccccc1C(=O)O. The molecule has 0 aliphatic rings. The van der Waals surface area contributed by atoms with Crippen LogP contribution < -0.4 is 0 Å². The van der Waals surface area contributed by atoms with Crippen LogP contribution in [-0.4, -0.2) is 22.2 Å². The summed E-state index contributed by atoms with van der Waals surface area (Å²) in [6.45, 7) is 4.59. The van der Waals surface area contributed by atoms with Crippen molar-refractivity contribution in [1.29, 1.82) is 0 Å². The maximum Gasteiger partial charge on any atom is 0.336 e. The van der Waals surface area contributed by atoms with Crippen molar-refractivity contribution in [2.75, 3.05) is 0 Å². The van der Waals surface area contributed by atoms with Gasteiger partial charge in [-0.05, 0) is 12.1 Å². The molecule has 4 nitrogen and oxygen atoms in total. The van der Waals surface area contributed by atoms with Gasteiger partial charge in [-0.1, -0.05) is 135 Å². The molecule has 0 aromatic heterocycles. The Bertz CT molecular complexity index is 519. The third kappa shape index (κ3) is 17.5. The molecule has 0 saturated carbocycles. The smallest absolute Gasteiger partial charge is 0.336 e. The van der Waals surface area contributed by atoms with E-state index in [0.29, 0.717) is 0 Å². The molecule has 0 aliphatic carbocycles. The minimum atomic E-state index is -1.23. The average molecular weight is 435 g/mol. The van der Waals surface area contributed by atoms with E-state index in [9.17, 15) is 9.59 Å². The number of hydrogen-bond donors (Lipinski definition) is 2. The van der Waals surface area contributed by atoms with E-state index in [1.165, 1.54) is 133 Å². The number of carboxylic acids is 2. The molecule has 1 aromatic carbocycles. The number of aromatic carboxylic acids is 2. The van der Waals surface area contributed by atoms with Crippen LogP contribution in [0.15, 0.2) is 24.3 Å². The molecule has 0 fully saturated rings. The summed E-state index contributed by atoms with van der Waals surface area (Å²) < 4.78 is 0. The number of hydrogen-bond acceptors (Lipinski definition) is 2. The number of unbranched alkanes of at least 4 members (excludes halogenated alkanes) is 16. The Morgan fingerprint density at radius 2 is 0.742 bits per heavy atom. The molecule has 0 unspecified atom stereocenters. The predicted molar refractivity (Wildman–Crippen MR) is 130 cm³/mol. The third-order valence-corrected chi connectivity index (χ3v) is 5.59. The summed E-state index contributed by atoms with van der Waals surface area (Å²) in [5.41, 5.74) is -0.380. The molecule has 0 atom stereocenters. The first-order chi connectivity index (χ1) is 15.0. The zero-order valence-electron chi connectivity index (χ0n) is 20.0.